The molecular formula is C14H13BrS2. The first-order valence-corrected chi connectivity index (χ1v) is 8.18. The monoisotopic (exact) mass is 324 g/mol. The average Bonchev–Trinajstić information content (AvgIpc) is 2.38. The van der Waals surface area contributed by atoms with E-state index in [-0.39, 0.29) is 0 Å². The number of thioether (sulfide) groups is 2. The van der Waals surface area contributed by atoms with Gasteiger partial charge in [-0.1, -0.05) is 30.3 Å². The van der Waals surface area contributed by atoms with Crippen LogP contribution in [-0.2, 0) is 0 Å². The van der Waals surface area contributed by atoms with Crippen LogP contribution in [0.5, 0.6) is 0 Å². The van der Waals surface area contributed by atoms with Crippen molar-refractivity contribution >= 4 is 39.5 Å². The molecule has 0 N–H and O–H groups in total. The molecule has 0 heterocycles. The van der Waals surface area contributed by atoms with E-state index >= 15 is 0 Å². The number of hydrogen-bond acceptors (Lipinski definition) is 2. The van der Waals surface area contributed by atoms with Gasteiger partial charge in [0.25, 0.3) is 0 Å². The number of rotatable bonds is 5. The lowest BCUT2D eigenvalue weighted by Crippen LogP contribution is -1.84. The van der Waals surface area contributed by atoms with Crippen molar-refractivity contribution in [2.75, 3.05) is 11.5 Å². The van der Waals surface area contributed by atoms with Crippen LogP contribution in [0.2, 0.25) is 0 Å². The van der Waals surface area contributed by atoms with Gasteiger partial charge in [-0.15, -0.1) is 23.5 Å². The predicted molar refractivity (Wildman–Crippen MR) is 82.0 cm³/mol. The Balaban J connectivity index is 1.76. The van der Waals surface area contributed by atoms with Crippen LogP contribution < -0.4 is 0 Å². The topological polar surface area (TPSA) is 0 Å². The van der Waals surface area contributed by atoms with Crippen molar-refractivity contribution in [2.24, 2.45) is 0 Å². The summed E-state index contributed by atoms with van der Waals surface area (Å²) in [7, 11) is 0. The zero-order valence-electron chi connectivity index (χ0n) is 9.30. The maximum Gasteiger partial charge on any atom is 0.0311 e. The summed E-state index contributed by atoms with van der Waals surface area (Å²) in [6.45, 7) is 0. The minimum absolute atomic E-state index is 1.13. The number of hydrogen-bond donors (Lipinski definition) is 0. The summed E-state index contributed by atoms with van der Waals surface area (Å²) < 4.78 is 1.19. The minimum atomic E-state index is 1.13. The third kappa shape index (κ3) is 4.41. The second-order valence-corrected chi connectivity index (χ2v) is 6.60. The Kier molecular flexibility index (Phi) is 5.49. The smallest absolute Gasteiger partial charge is 0.0311 e. The summed E-state index contributed by atoms with van der Waals surface area (Å²) in [4.78, 5) is 2.67. The number of halogens is 1. The third-order valence-electron chi connectivity index (χ3n) is 2.19. The van der Waals surface area contributed by atoms with Crippen LogP contribution >= 0.6 is 39.5 Å². The molecule has 0 aliphatic heterocycles. The van der Waals surface area contributed by atoms with Gasteiger partial charge in [0, 0.05) is 25.8 Å². The molecule has 0 aromatic heterocycles. The molecule has 17 heavy (non-hydrogen) atoms. The summed E-state index contributed by atoms with van der Waals surface area (Å²) in [5, 5.41) is 0. The SMILES string of the molecule is Brc1ccccc1SCCSc1ccccc1. The molecule has 0 aliphatic rings. The molecule has 0 spiro atoms. The summed E-state index contributed by atoms with van der Waals surface area (Å²) in [5.74, 6) is 2.26. The van der Waals surface area contributed by atoms with Gasteiger partial charge in [-0.2, -0.15) is 0 Å². The summed E-state index contributed by atoms with van der Waals surface area (Å²) in [5.41, 5.74) is 0. The quantitative estimate of drug-likeness (QED) is 0.538. The molecule has 0 radical (unpaired) electrons. The van der Waals surface area contributed by atoms with Crippen molar-refractivity contribution < 1.29 is 0 Å². The van der Waals surface area contributed by atoms with Crippen molar-refractivity contribution in [3.05, 3.63) is 59.1 Å². The summed E-state index contributed by atoms with van der Waals surface area (Å²) in [6.07, 6.45) is 0. The third-order valence-corrected chi connectivity index (χ3v) is 5.49. The summed E-state index contributed by atoms with van der Waals surface area (Å²) in [6, 6.07) is 18.9. The van der Waals surface area contributed by atoms with Crippen LogP contribution in [0.15, 0.2) is 68.9 Å². The zero-order valence-corrected chi connectivity index (χ0v) is 12.5. The highest BCUT2D eigenvalue weighted by Gasteiger charge is 1.99. The highest BCUT2D eigenvalue weighted by molar-refractivity contribution is 9.10. The van der Waals surface area contributed by atoms with Crippen LogP contribution in [0.1, 0.15) is 0 Å². The van der Waals surface area contributed by atoms with Gasteiger partial charge in [-0.3, -0.25) is 0 Å². The zero-order chi connectivity index (χ0) is 11.9. The minimum Gasteiger partial charge on any atom is -0.125 e. The van der Waals surface area contributed by atoms with Crippen LogP contribution in [0.4, 0.5) is 0 Å². The van der Waals surface area contributed by atoms with E-state index in [1.165, 1.54) is 14.3 Å². The fraction of sp³-hybridized carbons (Fsp3) is 0.143. The Morgan fingerprint density at radius 2 is 1.41 bits per heavy atom. The van der Waals surface area contributed by atoms with E-state index in [1.807, 2.05) is 29.6 Å². The van der Waals surface area contributed by atoms with E-state index in [1.54, 1.807) is 0 Å². The molecule has 3 heteroatoms. The first-order valence-electron chi connectivity index (χ1n) is 5.41. The first kappa shape index (κ1) is 13.1. The molecule has 0 fully saturated rings. The van der Waals surface area contributed by atoms with Gasteiger partial charge in [-0.05, 0) is 40.2 Å². The Labute approximate surface area is 119 Å². The number of benzene rings is 2. The molecule has 2 aromatic rings. The fourth-order valence-corrected chi connectivity index (χ4v) is 3.87. The molecule has 0 nitrogen and oxygen atoms in total. The average molecular weight is 325 g/mol. The fourth-order valence-electron chi connectivity index (χ4n) is 1.39. The van der Waals surface area contributed by atoms with E-state index in [2.05, 4.69) is 64.5 Å². The van der Waals surface area contributed by atoms with Crippen molar-refractivity contribution in [2.45, 2.75) is 9.79 Å². The van der Waals surface area contributed by atoms with Crippen LogP contribution in [0, 0.1) is 0 Å². The lowest BCUT2D eigenvalue weighted by molar-refractivity contribution is 1.38. The normalized spacial score (nSPS) is 10.4. The van der Waals surface area contributed by atoms with Crippen molar-refractivity contribution in [1.29, 1.82) is 0 Å². The van der Waals surface area contributed by atoms with Gasteiger partial charge in [-0.25, -0.2) is 0 Å². The van der Waals surface area contributed by atoms with E-state index < -0.39 is 0 Å². The first-order chi connectivity index (χ1) is 8.36. The molecular weight excluding hydrogens is 312 g/mol. The maximum atomic E-state index is 3.57. The van der Waals surface area contributed by atoms with E-state index in [0.29, 0.717) is 0 Å². The lowest BCUT2D eigenvalue weighted by Gasteiger charge is -2.04. The Bertz CT molecular complexity index is 457. The van der Waals surface area contributed by atoms with Gasteiger partial charge in [0.2, 0.25) is 0 Å². The molecule has 0 aliphatic carbocycles. The van der Waals surface area contributed by atoms with E-state index in [4.69, 9.17) is 0 Å². The molecule has 0 atom stereocenters. The lowest BCUT2D eigenvalue weighted by atomic mass is 10.4. The highest BCUT2D eigenvalue weighted by atomic mass is 79.9. The van der Waals surface area contributed by atoms with Crippen molar-refractivity contribution in [1.82, 2.24) is 0 Å². The molecule has 0 amide bonds. The van der Waals surface area contributed by atoms with E-state index in [0.717, 1.165) is 11.5 Å². The second-order valence-electron chi connectivity index (χ2n) is 3.44. The van der Waals surface area contributed by atoms with Gasteiger partial charge in [0.15, 0.2) is 0 Å². The van der Waals surface area contributed by atoms with Crippen molar-refractivity contribution in [3.63, 3.8) is 0 Å². The maximum absolute atomic E-state index is 3.57. The molecule has 2 aromatic carbocycles. The molecule has 0 saturated carbocycles. The van der Waals surface area contributed by atoms with Crippen LogP contribution in [-0.4, -0.2) is 11.5 Å². The Hall–Kier alpha value is -0.380. The standard InChI is InChI=1S/C14H13BrS2/c15-13-8-4-5-9-14(13)17-11-10-16-12-6-2-1-3-7-12/h1-9H,10-11H2. The molecule has 88 valence electrons. The Morgan fingerprint density at radius 1 is 0.765 bits per heavy atom. The van der Waals surface area contributed by atoms with Crippen LogP contribution in [0.25, 0.3) is 0 Å². The van der Waals surface area contributed by atoms with E-state index in [9.17, 15) is 0 Å². The van der Waals surface area contributed by atoms with Gasteiger partial charge < -0.3 is 0 Å². The molecule has 0 bridgehead atoms. The molecule has 0 saturated heterocycles. The Morgan fingerprint density at radius 3 is 2.18 bits per heavy atom. The van der Waals surface area contributed by atoms with Gasteiger partial charge >= 0.3 is 0 Å². The largest absolute Gasteiger partial charge is 0.125 e. The van der Waals surface area contributed by atoms with Crippen molar-refractivity contribution in [3.8, 4) is 0 Å². The molecule has 0 unspecified atom stereocenters. The van der Waals surface area contributed by atoms with Crippen LogP contribution in [0.3, 0.4) is 0 Å². The summed E-state index contributed by atoms with van der Waals surface area (Å²) >= 11 is 7.37. The second kappa shape index (κ2) is 7.14. The van der Waals surface area contributed by atoms with Gasteiger partial charge in [0.05, 0.1) is 0 Å². The highest BCUT2D eigenvalue weighted by Crippen LogP contribution is 2.28. The molecule has 2 rings (SSSR count). The predicted octanol–water partition coefficient (Wildman–Crippen LogP) is 5.33. The van der Waals surface area contributed by atoms with Gasteiger partial charge in [0.1, 0.15) is 0 Å².